The number of hydrogen-bond donors (Lipinski definition) is 1. The molecule has 0 fully saturated rings. The summed E-state index contributed by atoms with van der Waals surface area (Å²) in [7, 11) is 0. The molecule has 0 aliphatic rings. The minimum absolute atomic E-state index is 0.337. The van der Waals surface area contributed by atoms with E-state index < -0.39 is 0 Å². The Morgan fingerprint density at radius 2 is 2.12 bits per heavy atom. The largest absolute Gasteiger partial charge is 0.332 e. The Morgan fingerprint density at radius 1 is 1.50 bits per heavy atom. The SMILES string of the molecule is Cc1nc(Cl)c(Cl)[nH]1. The van der Waals surface area contributed by atoms with Gasteiger partial charge >= 0.3 is 0 Å². The molecule has 0 bridgehead atoms. The molecule has 8 heavy (non-hydrogen) atoms. The van der Waals surface area contributed by atoms with Crippen molar-refractivity contribution < 1.29 is 0 Å². The topological polar surface area (TPSA) is 28.7 Å². The van der Waals surface area contributed by atoms with Crippen molar-refractivity contribution in [3.8, 4) is 0 Å². The molecular formula is C4H4Cl2N2. The highest BCUT2D eigenvalue weighted by Gasteiger charge is 1.99. The van der Waals surface area contributed by atoms with Crippen molar-refractivity contribution in [1.82, 2.24) is 9.97 Å². The van der Waals surface area contributed by atoms with E-state index in [0.717, 1.165) is 5.82 Å². The standard InChI is InChI=1S/C4H4Cl2N2/c1-2-7-3(5)4(6)8-2/h1H3,(H,7,8). The third-order valence-corrected chi connectivity index (χ3v) is 1.38. The first-order valence-electron chi connectivity index (χ1n) is 2.08. The van der Waals surface area contributed by atoms with Crippen LogP contribution in [0.25, 0.3) is 0 Å². The van der Waals surface area contributed by atoms with Gasteiger partial charge in [-0.05, 0) is 6.92 Å². The number of aryl methyl sites for hydroxylation is 1. The monoisotopic (exact) mass is 150 g/mol. The van der Waals surface area contributed by atoms with Crippen molar-refractivity contribution in [2.75, 3.05) is 0 Å². The van der Waals surface area contributed by atoms with Crippen LogP contribution in [-0.2, 0) is 0 Å². The summed E-state index contributed by atoms with van der Waals surface area (Å²) in [4.78, 5) is 6.52. The lowest BCUT2D eigenvalue weighted by Crippen LogP contribution is -1.68. The van der Waals surface area contributed by atoms with E-state index in [9.17, 15) is 0 Å². The molecule has 0 spiro atoms. The molecule has 0 aromatic carbocycles. The summed E-state index contributed by atoms with van der Waals surface area (Å²) in [6.45, 7) is 1.79. The van der Waals surface area contributed by atoms with E-state index in [0.29, 0.717) is 10.3 Å². The molecule has 0 aliphatic heterocycles. The molecule has 1 N–H and O–H groups in total. The van der Waals surface area contributed by atoms with Crippen LogP contribution in [0.15, 0.2) is 0 Å². The van der Waals surface area contributed by atoms with Crippen molar-refractivity contribution in [3.05, 3.63) is 16.1 Å². The fourth-order valence-electron chi connectivity index (χ4n) is 0.435. The summed E-state index contributed by atoms with van der Waals surface area (Å²) in [5, 5.41) is 0.744. The molecule has 0 saturated carbocycles. The molecule has 0 unspecified atom stereocenters. The lowest BCUT2D eigenvalue weighted by atomic mass is 10.8. The van der Waals surface area contributed by atoms with Gasteiger partial charge < -0.3 is 4.98 Å². The number of imidazole rings is 1. The Labute approximate surface area is 56.8 Å². The Hall–Kier alpha value is -0.210. The summed E-state index contributed by atoms with van der Waals surface area (Å²) in [5.74, 6) is 0.736. The smallest absolute Gasteiger partial charge is 0.166 e. The summed E-state index contributed by atoms with van der Waals surface area (Å²) < 4.78 is 0. The Bertz CT molecular complexity index is 174. The lowest BCUT2D eigenvalue weighted by Gasteiger charge is -1.73. The average molecular weight is 151 g/mol. The van der Waals surface area contributed by atoms with Crippen LogP contribution >= 0.6 is 23.2 Å². The molecule has 0 aliphatic carbocycles. The summed E-state index contributed by atoms with van der Waals surface area (Å²) >= 11 is 10.9. The van der Waals surface area contributed by atoms with Gasteiger partial charge in [-0.25, -0.2) is 4.98 Å². The van der Waals surface area contributed by atoms with E-state index in [1.807, 2.05) is 0 Å². The van der Waals surface area contributed by atoms with Gasteiger partial charge in [0.25, 0.3) is 0 Å². The minimum atomic E-state index is 0.337. The van der Waals surface area contributed by atoms with E-state index in [4.69, 9.17) is 23.2 Å². The maximum Gasteiger partial charge on any atom is 0.166 e. The van der Waals surface area contributed by atoms with E-state index in [1.54, 1.807) is 6.92 Å². The highest BCUT2D eigenvalue weighted by molar-refractivity contribution is 6.40. The van der Waals surface area contributed by atoms with Crippen molar-refractivity contribution >= 4 is 23.2 Å². The number of rotatable bonds is 0. The number of aromatic nitrogens is 2. The molecule has 0 radical (unpaired) electrons. The number of nitrogens with one attached hydrogen (secondary N) is 1. The predicted octanol–water partition coefficient (Wildman–Crippen LogP) is 2.02. The van der Waals surface area contributed by atoms with Crippen LogP contribution in [0, 0.1) is 6.92 Å². The van der Waals surface area contributed by atoms with Crippen LogP contribution in [0.5, 0.6) is 0 Å². The second kappa shape index (κ2) is 1.96. The highest BCUT2D eigenvalue weighted by atomic mass is 35.5. The fourth-order valence-corrected chi connectivity index (χ4v) is 0.788. The van der Waals surface area contributed by atoms with Gasteiger partial charge in [-0.15, -0.1) is 0 Å². The van der Waals surface area contributed by atoms with Gasteiger partial charge in [-0.1, -0.05) is 23.2 Å². The van der Waals surface area contributed by atoms with E-state index >= 15 is 0 Å². The van der Waals surface area contributed by atoms with Crippen molar-refractivity contribution in [2.24, 2.45) is 0 Å². The molecule has 4 heteroatoms. The van der Waals surface area contributed by atoms with E-state index in [2.05, 4.69) is 9.97 Å². The van der Waals surface area contributed by atoms with Crippen LogP contribution < -0.4 is 0 Å². The Balaban J connectivity index is 3.14. The van der Waals surface area contributed by atoms with Gasteiger partial charge in [-0.3, -0.25) is 0 Å². The first-order valence-corrected chi connectivity index (χ1v) is 2.83. The highest BCUT2D eigenvalue weighted by Crippen LogP contribution is 2.16. The van der Waals surface area contributed by atoms with E-state index in [-0.39, 0.29) is 0 Å². The normalized spacial score (nSPS) is 9.88. The quantitative estimate of drug-likeness (QED) is 0.603. The maximum absolute atomic E-state index is 5.48. The summed E-state index contributed by atoms with van der Waals surface area (Å²) in [5.41, 5.74) is 0. The van der Waals surface area contributed by atoms with Crippen LogP contribution in [0.3, 0.4) is 0 Å². The summed E-state index contributed by atoms with van der Waals surface area (Å²) in [6.07, 6.45) is 0. The molecule has 1 aromatic rings. The predicted molar refractivity (Wildman–Crippen MR) is 33.3 cm³/mol. The molecule has 1 rings (SSSR count). The van der Waals surface area contributed by atoms with Crippen molar-refractivity contribution in [3.63, 3.8) is 0 Å². The number of H-pyrrole nitrogens is 1. The Kier molecular flexibility index (Phi) is 1.45. The van der Waals surface area contributed by atoms with E-state index in [1.165, 1.54) is 0 Å². The molecule has 1 heterocycles. The zero-order chi connectivity index (χ0) is 6.15. The molecular weight excluding hydrogens is 147 g/mol. The fraction of sp³-hybridized carbons (Fsp3) is 0.250. The third-order valence-electron chi connectivity index (χ3n) is 0.738. The van der Waals surface area contributed by atoms with Crippen molar-refractivity contribution in [2.45, 2.75) is 6.92 Å². The average Bonchev–Trinajstić information content (AvgIpc) is 1.85. The number of nitrogens with zero attached hydrogens (tertiary/aromatic N) is 1. The van der Waals surface area contributed by atoms with Gasteiger partial charge in [0.1, 0.15) is 11.0 Å². The zero-order valence-corrected chi connectivity index (χ0v) is 5.72. The van der Waals surface area contributed by atoms with Gasteiger partial charge in [0.15, 0.2) is 5.15 Å². The second-order valence-electron chi connectivity index (χ2n) is 1.43. The summed E-state index contributed by atoms with van der Waals surface area (Å²) in [6, 6.07) is 0. The van der Waals surface area contributed by atoms with Crippen LogP contribution in [0.4, 0.5) is 0 Å². The lowest BCUT2D eigenvalue weighted by molar-refractivity contribution is 1.15. The van der Waals surface area contributed by atoms with Crippen LogP contribution in [0.1, 0.15) is 5.82 Å². The minimum Gasteiger partial charge on any atom is -0.332 e. The number of halogens is 2. The Morgan fingerprint density at radius 3 is 2.25 bits per heavy atom. The molecule has 0 amide bonds. The number of hydrogen-bond acceptors (Lipinski definition) is 1. The van der Waals surface area contributed by atoms with Gasteiger partial charge in [0, 0.05) is 0 Å². The number of aromatic amines is 1. The zero-order valence-electron chi connectivity index (χ0n) is 4.20. The van der Waals surface area contributed by atoms with Gasteiger partial charge in [-0.2, -0.15) is 0 Å². The van der Waals surface area contributed by atoms with Crippen LogP contribution in [-0.4, -0.2) is 9.97 Å². The molecule has 0 saturated heterocycles. The molecule has 2 nitrogen and oxygen atoms in total. The molecule has 1 aromatic heterocycles. The van der Waals surface area contributed by atoms with Crippen LogP contribution in [0.2, 0.25) is 10.3 Å². The van der Waals surface area contributed by atoms with Gasteiger partial charge in [0.2, 0.25) is 0 Å². The molecule has 44 valence electrons. The second-order valence-corrected chi connectivity index (χ2v) is 2.16. The third kappa shape index (κ3) is 0.956. The van der Waals surface area contributed by atoms with Gasteiger partial charge in [0.05, 0.1) is 0 Å². The first kappa shape index (κ1) is 5.92. The maximum atomic E-state index is 5.48. The molecule has 0 atom stereocenters. The van der Waals surface area contributed by atoms with Crippen molar-refractivity contribution in [1.29, 1.82) is 0 Å². The first-order chi connectivity index (χ1) is 3.70.